The van der Waals surface area contributed by atoms with Crippen LogP contribution in [0.15, 0.2) is 57.9 Å². The third-order valence-corrected chi connectivity index (χ3v) is 5.89. The smallest absolute Gasteiger partial charge is 0.444 e. The lowest BCUT2D eigenvalue weighted by Crippen LogP contribution is -2.35. The highest BCUT2D eigenvalue weighted by atomic mass is 32.2. The monoisotopic (exact) mass is 545 g/mol. The first kappa shape index (κ1) is 27.9. The van der Waals surface area contributed by atoms with Crippen LogP contribution >= 0.6 is 0 Å². The number of oxazole rings is 1. The Morgan fingerprint density at radius 1 is 1.05 bits per heavy atom. The SMILES string of the molecule is CC(C)(C)OC(=O)NCc1cn(-c2ccc(-c3ccc(CNS(=O)(=O)C(F)(F)F)cc3)c(F)c2)c(=O)o1. The summed E-state index contributed by atoms with van der Waals surface area (Å²) in [6.45, 7) is 4.34. The van der Waals surface area contributed by atoms with Crippen molar-refractivity contribution in [1.29, 1.82) is 0 Å². The summed E-state index contributed by atoms with van der Waals surface area (Å²) in [5.41, 5.74) is -5.25. The molecule has 0 aliphatic heterocycles. The Balaban J connectivity index is 1.71. The van der Waals surface area contributed by atoms with E-state index in [0.29, 0.717) is 5.56 Å². The molecule has 2 aromatic carbocycles. The predicted molar refractivity (Wildman–Crippen MR) is 125 cm³/mol. The average molecular weight is 546 g/mol. The van der Waals surface area contributed by atoms with Crippen LogP contribution in [0.1, 0.15) is 32.1 Å². The standard InChI is InChI=1S/C23H23F4N3O6S/c1-22(2,3)36-20(31)28-12-17-13-30(21(32)35-17)16-8-9-18(19(24)10-16)15-6-4-14(5-7-15)11-29-37(33,34)23(25,26)27/h4-10,13,29H,11-12H2,1-3H3,(H,28,31). The van der Waals surface area contributed by atoms with Gasteiger partial charge in [-0.1, -0.05) is 24.3 Å². The number of alkyl carbamates (subject to hydrolysis) is 1. The summed E-state index contributed by atoms with van der Waals surface area (Å²) in [5, 5.41) is 2.44. The van der Waals surface area contributed by atoms with E-state index in [1.165, 1.54) is 47.3 Å². The minimum atomic E-state index is -5.49. The van der Waals surface area contributed by atoms with E-state index in [1.807, 2.05) is 0 Å². The predicted octanol–water partition coefficient (Wildman–Crippen LogP) is 4.20. The first-order valence-electron chi connectivity index (χ1n) is 10.7. The molecule has 0 atom stereocenters. The number of hydrogen-bond acceptors (Lipinski definition) is 6. The maximum absolute atomic E-state index is 14.9. The molecule has 0 unspecified atom stereocenters. The fourth-order valence-corrected chi connectivity index (χ4v) is 3.59. The van der Waals surface area contributed by atoms with Crippen LogP contribution in [0, 0.1) is 5.82 Å². The summed E-state index contributed by atoms with van der Waals surface area (Å²) in [6.07, 6.45) is 0.590. The molecular formula is C23H23F4N3O6S. The third kappa shape index (κ3) is 7.20. The van der Waals surface area contributed by atoms with Gasteiger partial charge in [0.2, 0.25) is 0 Å². The summed E-state index contributed by atoms with van der Waals surface area (Å²) < 4.78 is 87.1. The summed E-state index contributed by atoms with van der Waals surface area (Å²) in [6, 6.07) is 9.47. The Morgan fingerprint density at radius 2 is 1.70 bits per heavy atom. The number of sulfonamides is 1. The van der Waals surface area contributed by atoms with Gasteiger partial charge >= 0.3 is 27.4 Å². The third-order valence-electron chi connectivity index (χ3n) is 4.76. The Morgan fingerprint density at radius 3 is 2.27 bits per heavy atom. The maximum Gasteiger partial charge on any atom is 0.511 e. The van der Waals surface area contributed by atoms with E-state index < -0.39 is 45.3 Å². The van der Waals surface area contributed by atoms with Crippen LogP contribution in [-0.2, 0) is 27.8 Å². The Hall–Kier alpha value is -3.65. The normalized spacial score (nSPS) is 12.4. The van der Waals surface area contributed by atoms with Crippen molar-refractivity contribution in [2.24, 2.45) is 0 Å². The number of alkyl halides is 3. The number of nitrogens with zero attached hydrogens (tertiary/aromatic N) is 1. The molecule has 9 nitrogen and oxygen atoms in total. The molecule has 37 heavy (non-hydrogen) atoms. The number of carbonyl (C=O) groups excluding carboxylic acids is 1. The number of aromatic nitrogens is 1. The van der Waals surface area contributed by atoms with E-state index in [9.17, 15) is 35.6 Å². The Bertz CT molecular complexity index is 1440. The van der Waals surface area contributed by atoms with Gasteiger partial charge in [-0.25, -0.2) is 31.7 Å². The highest BCUT2D eigenvalue weighted by Gasteiger charge is 2.45. The fraction of sp³-hybridized carbons (Fsp3) is 0.304. The quantitative estimate of drug-likeness (QED) is 0.430. The second kappa shape index (κ2) is 10.4. The number of ether oxygens (including phenoxy) is 1. The minimum absolute atomic E-state index is 0.108. The minimum Gasteiger partial charge on any atom is -0.444 e. The Labute approximate surface area is 209 Å². The van der Waals surface area contributed by atoms with Crippen molar-refractivity contribution in [3.63, 3.8) is 0 Å². The van der Waals surface area contributed by atoms with Gasteiger partial charge in [0.05, 0.1) is 18.4 Å². The second-order valence-electron chi connectivity index (χ2n) is 8.82. The van der Waals surface area contributed by atoms with Gasteiger partial charge in [-0.3, -0.25) is 0 Å². The number of amides is 1. The first-order chi connectivity index (χ1) is 17.1. The molecule has 0 radical (unpaired) electrons. The van der Waals surface area contributed by atoms with E-state index in [-0.39, 0.29) is 29.1 Å². The highest BCUT2D eigenvalue weighted by molar-refractivity contribution is 7.90. The number of hydrogen-bond donors (Lipinski definition) is 2. The zero-order chi connectivity index (χ0) is 27.6. The van der Waals surface area contributed by atoms with Gasteiger partial charge in [-0.2, -0.15) is 13.2 Å². The molecule has 0 aliphatic rings. The molecular weight excluding hydrogens is 522 g/mol. The van der Waals surface area contributed by atoms with Crippen molar-refractivity contribution in [1.82, 2.24) is 14.6 Å². The molecule has 0 saturated heterocycles. The van der Waals surface area contributed by atoms with Crippen LogP contribution in [0.3, 0.4) is 0 Å². The van der Waals surface area contributed by atoms with Crippen LogP contribution in [0.5, 0.6) is 0 Å². The van der Waals surface area contributed by atoms with E-state index in [1.54, 1.807) is 20.8 Å². The maximum atomic E-state index is 14.9. The molecule has 1 aromatic heterocycles. The largest absolute Gasteiger partial charge is 0.511 e. The van der Waals surface area contributed by atoms with Gasteiger partial charge in [-0.15, -0.1) is 0 Å². The van der Waals surface area contributed by atoms with E-state index in [2.05, 4.69) is 5.32 Å². The molecule has 200 valence electrons. The van der Waals surface area contributed by atoms with Crippen molar-refractivity contribution >= 4 is 16.1 Å². The topological polar surface area (TPSA) is 120 Å². The highest BCUT2D eigenvalue weighted by Crippen LogP contribution is 2.26. The van der Waals surface area contributed by atoms with Gasteiger partial charge in [0.15, 0.2) is 0 Å². The molecule has 2 N–H and O–H groups in total. The average Bonchev–Trinajstić information content (AvgIpc) is 3.15. The van der Waals surface area contributed by atoms with Gasteiger partial charge in [0.25, 0.3) is 0 Å². The number of halogens is 4. The molecule has 3 rings (SSSR count). The van der Waals surface area contributed by atoms with Crippen molar-refractivity contribution < 1.29 is 39.9 Å². The molecule has 0 spiro atoms. The van der Waals surface area contributed by atoms with Gasteiger partial charge in [0, 0.05) is 12.1 Å². The number of rotatable bonds is 7. The van der Waals surface area contributed by atoms with E-state index >= 15 is 0 Å². The van der Waals surface area contributed by atoms with Crippen LogP contribution < -0.4 is 15.8 Å². The van der Waals surface area contributed by atoms with Crippen LogP contribution in [0.4, 0.5) is 22.4 Å². The number of carbonyl (C=O) groups is 1. The van der Waals surface area contributed by atoms with E-state index in [4.69, 9.17) is 9.15 Å². The molecule has 0 bridgehead atoms. The summed E-state index contributed by atoms with van der Waals surface area (Å²) in [5.74, 6) is -1.40. The van der Waals surface area contributed by atoms with Crippen LogP contribution in [0.2, 0.25) is 0 Å². The van der Waals surface area contributed by atoms with Crippen molar-refractivity contribution in [3.8, 4) is 16.8 Å². The number of benzene rings is 2. The van der Waals surface area contributed by atoms with Crippen LogP contribution in [0.25, 0.3) is 16.8 Å². The molecule has 1 heterocycles. The van der Waals surface area contributed by atoms with E-state index in [0.717, 1.165) is 10.6 Å². The van der Waals surface area contributed by atoms with Gasteiger partial charge in [0.1, 0.15) is 17.2 Å². The zero-order valence-corrected chi connectivity index (χ0v) is 20.7. The molecule has 0 fully saturated rings. The summed E-state index contributed by atoms with van der Waals surface area (Å²) >= 11 is 0. The van der Waals surface area contributed by atoms with Gasteiger partial charge in [-0.05, 0) is 50.1 Å². The first-order valence-corrected chi connectivity index (χ1v) is 12.2. The van der Waals surface area contributed by atoms with Crippen molar-refractivity contribution in [3.05, 3.63) is 76.4 Å². The summed E-state index contributed by atoms with van der Waals surface area (Å²) in [4.78, 5) is 24.0. The second-order valence-corrected chi connectivity index (χ2v) is 10.6. The Kier molecular flexibility index (Phi) is 7.83. The molecule has 0 saturated carbocycles. The fourth-order valence-electron chi connectivity index (χ4n) is 3.07. The molecule has 1 amide bonds. The molecule has 14 heteroatoms. The van der Waals surface area contributed by atoms with Crippen LogP contribution in [-0.4, -0.2) is 30.2 Å². The lowest BCUT2D eigenvalue weighted by molar-refractivity contribution is -0.0448. The number of nitrogens with one attached hydrogen (secondary N) is 2. The van der Waals surface area contributed by atoms with Crippen molar-refractivity contribution in [2.45, 2.75) is 45.0 Å². The lowest BCUT2D eigenvalue weighted by atomic mass is 10.0. The lowest BCUT2D eigenvalue weighted by Gasteiger charge is -2.19. The zero-order valence-electron chi connectivity index (χ0n) is 19.8. The summed E-state index contributed by atoms with van der Waals surface area (Å²) in [7, 11) is -5.49. The molecule has 3 aromatic rings. The van der Waals surface area contributed by atoms with Gasteiger partial charge < -0.3 is 14.5 Å². The molecule has 0 aliphatic carbocycles. The van der Waals surface area contributed by atoms with Crippen molar-refractivity contribution in [2.75, 3.05) is 0 Å².